The number of aromatic nitrogens is 2. The summed E-state index contributed by atoms with van der Waals surface area (Å²) in [6.07, 6.45) is -4.35. The van der Waals surface area contributed by atoms with Crippen LogP contribution in [0.15, 0.2) is 30.3 Å². The van der Waals surface area contributed by atoms with Gasteiger partial charge in [0.15, 0.2) is 0 Å². The topological polar surface area (TPSA) is 126 Å². The van der Waals surface area contributed by atoms with E-state index in [9.17, 15) is 20.4 Å². The highest BCUT2D eigenvalue weighted by molar-refractivity contribution is 5.89. The van der Waals surface area contributed by atoms with Crippen molar-refractivity contribution in [3.63, 3.8) is 0 Å². The number of hydrogen-bond acceptors (Lipinski definition) is 8. The molecular weight excluding hydrogens is 440 g/mol. The van der Waals surface area contributed by atoms with Crippen LogP contribution in [0.4, 0.5) is 0 Å². The minimum atomic E-state index is -1.51. The van der Waals surface area contributed by atoms with E-state index in [1.54, 1.807) is 4.68 Å². The van der Waals surface area contributed by atoms with Gasteiger partial charge in [-0.3, -0.25) is 4.68 Å². The van der Waals surface area contributed by atoms with Gasteiger partial charge in [0.25, 0.3) is 0 Å². The van der Waals surface area contributed by atoms with E-state index >= 15 is 0 Å². The SMILES string of the molecule is Cc1cc(O[C@@H]2O[C@H](CO)[C@@H](O)[C@H](O)[C@H]2O)c2c(CCc3ccc4c(c3)CCO4)nn(C)c2c1. The van der Waals surface area contributed by atoms with E-state index in [-0.39, 0.29) is 0 Å². The van der Waals surface area contributed by atoms with Gasteiger partial charge in [-0.25, -0.2) is 0 Å². The minimum absolute atomic E-state index is 0.463. The second-order valence-corrected chi connectivity index (χ2v) is 9.08. The molecule has 3 aromatic rings. The smallest absolute Gasteiger partial charge is 0.229 e. The van der Waals surface area contributed by atoms with Gasteiger partial charge in [0.05, 0.1) is 29.8 Å². The number of aliphatic hydroxyl groups excluding tert-OH is 4. The average Bonchev–Trinajstić information content (AvgIpc) is 3.41. The van der Waals surface area contributed by atoms with Crippen molar-refractivity contribution in [2.75, 3.05) is 13.2 Å². The summed E-state index contributed by atoms with van der Waals surface area (Å²) in [4.78, 5) is 0. The zero-order valence-electron chi connectivity index (χ0n) is 19.2. The number of nitrogens with zero attached hydrogens (tertiary/aromatic N) is 2. The second kappa shape index (κ2) is 9.16. The molecule has 2 aliphatic heterocycles. The molecule has 5 rings (SSSR count). The molecule has 34 heavy (non-hydrogen) atoms. The molecule has 0 unspecified atom stereocenters. The van der Waals surface area contributed by atoms with Crippen molar-refractivity contribution in [2.45, 2.75) is 56.9 Å². The molecule has 9 heteroatoms. The molecule has 0 saturated carbocycles. The zero-order valence-corrected chi connectivity index (χ0v) is 19.2. The number of ether oxygens (including phenoxy) is 3. The van der Waals surface area contributed by atoms with Crippen LogP contribution in [0, 0.1) is 6.92 Å². The summed E-state index contributed by atoms with van der Waals surface area (Å²) in [6.45, 7) is 2.14. The molecule has 2 aromatic carbocycles. The quantitative estimate of drug-likeness (QED) is 0.416. The fourth-order valence-corrected chi connectivity index (χ4v) is 4.78. The first-order valence-electron chi connectivity index (χ1n) is 11.5. The lowest BCUT2D eigenvalue weighted by atomic mass is 9.99. The van der Waals surface area contributed by atoms with E-state index < -0.39 is 37.3 Å². The van der Waals surface area contributed by atoms with Crippen LogP contribution in [0.1, 0.15) is 22.4 Å². The van der Waals surface area contributed by atoms with Gasteiger partial charge < -0.3 is 34.6 Å². The summed E-state index contributed by atoms with van der Waals surface area (Å²) < 4.78 is 19.0. The average molecular weight is 471 g/mol. The number of hydrogen-bond donors (Lipinski definition) is 4. The van der Waals surface area contributed by atoms with Gasteiger partial charge in [0.2, 0.25) is 6.29 Å². The fourth-order valence-electron chi connectivity index (χ4n) is 4.78. The Morgan fingerprint density at radius 3 is 2.71 bits per heavy atom. The van der Waals surface area contributed by atoms with Crippen molar-refractivity contribution >= 4 is 10.9 Å². The maximum atomic E-state index is 10.5. The standard InChI is InChI=1S/C25H30N2O7/c1-13-9-17-21(19(10-13)33-25-24(31)23(30)22(29)20(12-28)34-25)16(26-27(17)2)5-3-14-4-6-18-15(11-14)7-8-32-18/h4,6,9-11,20,22-25,28-31H,3,5,7-8,12H2,1-2H3/t20-,22-,23+,24-,25-/m1/s1. The van der Waals surface area contributed by atoms with E-state index in [1.807, 2.05) is 32.2 Å². The molecule has 0 bridgehead atoms. The lowest BCUT2D eigenvalue weighted by Gasteiger charge is -2.39. The highest BCUT2D eigenvalue weighted by Gasteiger charge is 2.45. The molecule has 5 atom stereocenters. The summed E-state index contributed by atoms with van der Waals surface area (Å²) in [7, 11) is 1.87. The largest absolute Gasteiger partial charge is 0.493 e. The van der Waals surface area contributed by atoms with E-state index in [2.05, 4.69) is 12.1 Å². The monoisotopic (exact) mass is 470 g/mol. The highest BCUT2D eigenvalue weighted by atomic mass is 16.7. The van der Waals surface area contributed by atoms with Gasteiger partial charge in [-0.05, 0) is 54.7 Å². The summed E-state index contributed by atoms with van der Waals surface area (Å²) >= 11 is 0. The van der Waals surface area contributed by atoms with Crippen molar-refractivity contribution in [2.24, 2.45) is 7.05 Å². The van der Waals surface area contributed by atoms with E-state index in [0.717, 1.165) is 47.4 Å². The Hall–Kier alpha value is -2.69. The van der Waals surface area contributed by atoms with Gasteiger partial charge >= 0.3 is 0 Å². The molecule has 0 amide bonds. The van der Waals surface area contributed by atoms with Crippen molar-refractivity contribution in [1.82, 2.24) is 9.78 Å². The number of aliphatic hydroxyl groups is 4. The number of aryl methyl sites for hydroxylation is 4. The Morgan fingerprint density at radius 1 is 1.09 bits per heavy atom. The highest BCUT2D eigenvalue weighted by Crippen LogP contribution is 2.34. The number of rotatable bonds is 6. The zero-order chi connectivity index (χ0) is 24.0. The molecule has 9 nitrogen and oxygen atoms in total. The van der Waals surface area contributed by atoms with Crippen molar-refractivity contribution < 1.29 is 34.6 Å². The maximum absolute atomic E-state index is 10.5. The molecule has 1 fully saturated rings. The van der Waals surface area contributed by atoms with E-state index in [0.29, 0.717) is 12.2 Å². The van der Waals surface area contributed by atoms with Crippen LogP contribution >= 0.6 is 0 Å². The summed E-state index contributed by atoms with van der Waals surface area (Å²) in [6, 6.07) is 10.1. The first-order valence-corrected chi connectivity index (χ1v) is 11.5. The molecule has 3 heterocycles. The molecule has 4 N–H and O–H groups in total. The third kappa shape index (κ3) is 4.14. The van der Waals surface area contributed by atoms with Crippen LogP contribution in [0.25, 0.3) is 10.9 Å². The summed E-state index contributed by atoms with van der Waals surface area (Å²) in [5, 5.41) is 45.7. The van der Waals surface area contributed by atoms with Crippen molar-refractivity contribution in [3.05, 3.63) is 52.7 Å². The van der Waals surface area contributed by atoms with Crippen molar-refractivity contribution in [1.29, 1.82) is 0 Å². The van der Waals surface area contributed by atoms with E-state index in [4.69, 9.17) is 19.3 Å². The van der Waals surface area contributed by atoms with Crippen LogP contribution in [-0.2, 0) is 31.0 Å². The second-order valence-electron chi connectivity index (χ2n) is 9.08. The van der Waals surface area contributed by atoms with Gasteiger partial charge in [-0.1, -0.05) is 12.1 Å². The molecule has 2 aliphatic rings. The Bertz CT molecular complexity index is 1190. The van der Waals surface area contributed by atoms with Crippen LogP contribution in [-0.4, -0.2) is 74.1 Å². The maximum Gasteiger partial charge on any atom is 0.229 e. The van der Waals surface area contributed by atoms with E-state index in [1.165, 1.54) is 11.1 Å². The summed E-state index contributed by atoms with van der Waals surface area (Å²) in [5.41, 5.74) is 5.07. The predicted molar refractivity (Wildman–Crippen MR) is 123 cm³/mol. The van der Waals surface area contributed by atoms with Crippen LogP contribution in [0.3, 0.4) is 0 Å². The van der Waals surface area contributed by atoms with Crippen molar-refractivity contribution in [3.8, 4) is 11.5 Å². The molecule has 0 radical (unpaired) electrons. The third-order valence-corrected chi connectivity index (χ3v) is 6.63. The van der Waals surface area contributed by atoms with Crippen LogP contribution in [0.5, 0.6) is 11.5 Å². The third-order valence-electron chi connectivity index (χ3n) is 6.63. The van der Waals surface area contributed by atoms with Gasteiger partial charge in [0, 0.05) is 13.5 Å². The number of benzene rings is 2. The Morgan fingerprint density at radius 2 is 1.91 bits per heavy atom. The Kier molecular flexibility index (Phi) is 6.22. The lowest BCUT2D eigenvalue weighted by molar-refractivity contribution is -0.277. The van der Waals surface area contributed by atoms with Gasteiger partial charge in [-0.15, -0.1) is 0 Å². The molecule has 1 saturated heterocycles. The normalized spacial score (nSPS) is 26.5. The molecule has 0 aliphatic carbocycles. The van der Waals surface area contributed by atoms with Gasteiger partial charge in [-0.2, -0.15) is 5.10 Å². The Labute approximate surface area is 197 Å². The van der Waals surface area contributed by atoms with Crippen LogP contribution in [0.2, 0.25) is 0 Å². The van der Waals surface area contributed by atoms with Gasteiger partial charge in [0.1, 0.15) is 35.9 Å². The first kappa shape index (κ1) is 23.1. The fraction of sp³-hybridized carbons (Fsp3) is 0.480. The lowest BCUT2D eigenvalue weighted by Crippen LogP contribution is -2.60. The Balaban J connectivity index is 1.44. The predicted octanol–water partition coefficient (Wildman–Crippen LogP) is 0.781. The number of fused-ring (bicyclic) bond motifs is 2. The molecule has 182 valence electrons. The molecule has 0 spiro atoms. The molecular formula is C25H30N2O7. The first-order chi connectivity index (χ1) is 16.4. The molecule has 1 aromatic heterocycles. The van der Waals surface area contributed by atoms with Crippen LogP contribution < -0.4 is 9.47 Å². The minimum Gasteiger partial charge on any atom is -0.493 e. The summed E-state index contributed by atoms with van der Waals surface area (Å²) in [5.74, 6) is 1.42.